The molecule has 1 aromatic carbocycles. The normalized spacial score (nSPS) is 19.9. The van der Waals surface area contributed by atoms with Gasteiger partial charge >= 0.3 is 0 Å². The van der Waals surface area contributed by atoms with Crippen LogP contribution >= 0.6 is 11.6 Å². The third-order valence-corrected chi connectivity index (χ3v) is 3.20. The number of imide groups is 1. The zero-order chi connectivity index (χ0) is 12.4. The molecule has 1 atom stereocenters. The Morgan fingerprint density at radius 2 is 2.18 bits per heavy atom. The summed E-state index contributed by atoms with van der Waals surface area (Å²) in [7, 11) is 0. The van der Waals surface area contributed by atoms with Crippen LogP contribution < -0.4 is 5.32 Å². The zero-order valence-electron chi connectivity index (χ0n) is 9.20. The third kappa shape index (κ3) is 2.39. The van der Waals surface area contributed by atoms with Gasteiger partial charge in [0.15, 0.2) is 0 Å². The SMILES string of the molecule is C=Cc1ccc(C2CCC(=O)NC2=O)c(Cl)c1. The molecule has 0 spiro atoms. The Morgan fingerprint density at radius 3 is 2.76 bits per heavy atom. The van der Waals surface area contributed by atoms with E-state index in [0.717, 1.165) is 11.1 Å². The maximum absolute atomic E-state index is 11.7. The summed E-state index contributed by atoms with van der Waals surface area (Å²) >= 11 is 6.13. The summed E-state index contributed by atoms with van der Waals surface area (Å²) in [5.41, 5.74) is 1.67. The summed E-state index contributed by atoms with van der Waals surface area (Å²) in [6.45, 7) is 3.66. The van der Waals surface area contributed by atoms with Gasteiger partial charge in [-0.15, -0.1) is 0 Å². The molecule has 1 heterocycles. The molecule has 1 N–H and O–H groups in total. The minimum atomic E-state index is -0.334. The van der Waals surface area contributed by atoms with Crippen LogP contribution in [-0.2, 0) is 9.59 Å². The van der Waals surface area contributed by atoms with Crippen LogP contribution in [0.2, 0.25) is 5.02 Å². The van der Waals surface area contributed by atoms with E-state index in [9.17, 15) is 9.59 Å². The summed E-state index contributed by atoms with van der Waals surface area (Å²) < 4.78 is 0. The lowest BCUT2D eigenvalue weighted by Gasteiger charge is -2.22. The second kappa shape index (κ2) is 4.72. The van der Waals surface area contributed by atoms with Gasteiger partial charge in [0.2, 0.25) is 11.8 Å². The van der Waals surface area contributed by atoms with Gasteiger partial charge in [0, 0.05) is 11.4 Å². The molecule has 1 unspecified atom stereocenters. The van der Waals surface area contributed by atoms with Crippen molar-refractivity contribution >= 4 is 29.5 Å². The van der Waals surface area contributed by atoms with E-state index in [2.05, 4.69) is 11.9 Å². The minimum Gasteiger partial charge on any atom is -0.296 e. The van der Waals surface area contributed by atoms with Crippen molar-refractivity contribution in [2.24, 2.45) is 0 Å². The van der Waals surface area contributed by atoms with E-state index in [1.54, 1.807) is 12.1 Å². The number of rotatable bonds is 2. The molecule has 3 nitrogen and oxygen atoms in total. The topological polar surface area (TPSA) is 46.2 Å². The average Bonchev–Trinajstić information content (AvgIpc) is 2.30. The number of amides is 2. The first-order valence-electron chi connectivity index (χ1n) is 5.37. The molecule has 0 bridgehead atoms. The van der Waals surface area contributed by atoms with Crippen molar-refractivity contribution in [3.8, 4) is 0 Å². The van der Waals surface area contributed by atoms with Crippen molar-refractivity contribution < 1.29 is 9.59 Å². The van der Waals surface area contributed by atoms with E-state index in [1.165, 1.54) is 0 Å². The van der Waals surface area contributed by atoms with Crippen molar-refractivity contribution in [2.75, 3.05) is 0 Å². The first-order valence-corrected chi connectivity index (χ1v) is 5.75. The molecule has 1 fully saturated rings. The Morgan fingerprint density at radius 1 is 1.41 bits per heavy atom. The summed E-state index contributed by atoms with van der Waals surface area (Å²) in [5, 5.41) is 2.87. The molecule has 1 saturated heterocycles. The number of hydrogen-bond acceptors (Lipinski definition) is 2. The number of nitrogens with one attached hydrogen (secondary N) is 1. The Labute approximate surface area is 104 Å². The second-order valence-corrected chi connectivity index (χ2v) is 4.40. The molecule has 1 aromatic rings. The molecule has 88 valence electrons. The fourth-order valence-corrected chi connectivity index (χ4v) is 2.26. The molecular formula is C13H12ClNO2. The fraction of sp³-hybridized carbons (Fsp3) is 0.231. The summed E-state index contributed by atoms with van der Waals surface area (Å²) in [4.78, 5) is 22.8. The van der Waals surface area contributed by atoms with Crippen molar-refractivity contribution in [3.63, 3.8) is 0 Å². The van der Waals surface area contributed by atoms with Crippen LogP contribution in [-0.4, -0.2) is 11.8 Å². The molecule has 0 aliphatic carbocycles. The van der Waals surface area contributed by atoms with Gasteiger partial charge in [0.1, 0.15) is 0 Å². The maximum atomic E-state index is 11.7. The molecule has 17 heavy (non-hydrogen) atoms. The van der Waals surface area contributed by atoms with Gasteiger partial charge in [-0.1, -0.05) is 36.4 Å². The predicted octanol–water partition coefficient (Wildman–Crippen LogP) is 2.50. The van der Waals surface area contributed by atoms with Crippen LogP contribution in [0.4, 0.5) is 0 Å². The average molecular weight is 250 g/mol. The predicted molar refractivity (Wildman–Crippen MR) is 66.7 cm³/mol. The van der Waals surface area contributed by atoms with Gasteiger partial charge in [0.25, 0.3) is 0 Å². The molecule has 1 aliphatic rings. The van der Waals surface area contributed by atoms with E-state index >= 15 is 0 Å². The molecule has 2 rings (SSSR count). The van der Waals surface area contributed by atoms with E-state index in [4.69, 9.17) is 11.6 Å². The highest BCUT2D eigenvalue weighted by atomic mass is 35.5. The molecule has 2 amide bonds. The first kappa shape index (κ1) is 11.9. The van der Waals surface area contributed by atoms with Crippen LogP contribution in [0, 0.1) is 0 Å². The summed E-state index contributed by atoms with van der Waals surface area (Å²) in [6, 6.07) is 5.45. The minimum absolute atomic E-state index is 0.218. The third-order valence-electron chi connectivity index (χ3n) is 2.87. The van der Waals surface area contributed by atoms with Gasteiger partial charge in [-0.05, 0) is 23.6 Å². The maximum Gasteiger partial charge on any atom is 0.234 e. The summed E-state index contributed by atoms with van der Waals surface area (Å²) in [5.74, 6) is -0.821. The van der Waals surface area contributed by atoms with Gasteiger partial charge < -0.3 is 0 Å². The Bertz CT molecular complexity index is 496. The number of halogens is 1. The zero-order valence-corrected chi connectivity index (χ0v) is 9.96. The molecule has 0 aromatic heterocycles. The number of piperidine rings is 1. The molecular weight excluding hydrogens is 238 g/mol. The lowest BCUT2D eigenvalue weighted by Crippen LogP contribution is -2.39. The van der Waals surface area contributed by atoms with Crippen LogP contribution in [0.5, 0.6) is 0 Å². The Hall–Kier alpha value is -1.61. The smallest absolute Gasteiger partial charge is 0.234 e. The lowest BCUT2D eigenvalue weighted by molar-refractivity contribution is -0.134. The Balaban J connectivity index is 2.31. The van der Waals surface area contributed by atoms with Gasteiger partial charge in [-0.2, -0.15) is 0 Å². The number of benzene rings is 1. The highest BCUT2D eigenvalue weighted by molar-refractivity contribution is 6.31. The molecule has 4 heteroatoms. The highest BCUT2D eigenvalue weighted by Crippen LogP contribution is 2.31. The molecule has 0 saturated carbocycles. The van der Waals surface area contributed by atoms with E-state index in [-0.39, 0.29) is 17.7 Å². The quantitative estimate of drug-likeness (QED) is 0.819. The molecule has 0 radical (unpaired) electrons. The second-order valence-electron chi connectivity index (χ2n) is 3.99. The van der Waals surface area contributed by atoms with Gasteiger partial charge in [0.05, 0.1) is 5.92 Å². The lowest BCUT2D eigenvalue weighted by atomic mass is 9.90. The number of carbonyl (C=O) groups excluding carboxylic acids is 2. The van der Waals surface area contributed by atoms with Gasteiger partial charge in [-0.25, -0.2) is 0 Å². The van der Waals surface area contributed by atoms with Crippen LogP contribution in [0.15, 0.2) is 24.8 Å². The van der Waals surface area contributed by atoms with Crippen molar-refractivity contribution in [1.82, 2.24) is 5.32 Å². The monoisotopic (exact) mass is 249 g/mol. The van der Waals surface area contributed by atoms with Crippen molar-refractivity contribution in [3.05, 3.63) is 40.9 Å². The first-order chi connectivity index (χ1) is 8.11. The fourth-order valence-electron chi connectivity index (χ4n) is 1.94. The van der Waals surface area contributed by atoms with Crippen LogP contribution in [0.25, 0.3) is 6.08 Å². The highest BCUT2D eigenvalue weighted by Gasteiger charge is 2.29. The van der Waals surface area contributed by atoms with E-state index in [0.29, 0.717) is 17.9 Å². The van der Waals surface area contributed by atoms with Crippen molar-refractivity contribution in [2.45, 2.75) is 18.8 Å². The van der Waals surface area contributed by atoms with Gasteiger partial charge in [-0.3, -0.25) is 14.9 Å². The Kier molecular flexibility index (Phi) is 3.29. The van der Waals surface area contributed by atoms with E-state index < -0.39 is 0 Å². The number of hydrogen-bond donors (Lipinski definition) is 1. The standard InChI is InChI=1S/C13H12ClNO2/c1-2-8-3-4-9(11(14)7-8)10-5-6-12(16)15-13(10)17/h2-4,7,10H,1,5-6H2,(H,15,16,17). The van der Waals surface area contributed by atoms with E-state index in [1.807, 2.05) is 12.1 Å². The van der Waals surface area contributed by atoms with Crippen LogP contribution in [0.1, 0.15) is 29.9 Å². The molecule has 1 aliphatic heterocycles. The summed E-state index contributed by atoms with van der Waals surface area (Å²) in [6.07, 6.45) is 2.56. The largest absolute Gasteiger partial charge is 0.296 e. The van der Waals surface area contributed by atoms with Crippen LogP contribution in [0.3, 0.4) is 0 Å². The number of carbonyl (C=O) groups is 2. The van der Waals surface area contributed by atoms with Crippen molar-refractivity contribution in [1.29, 1.82) is 0 Å².